The number of hydrogen-bond donors (Lipinski definition) is 0. The number of methoxy groups -OCH3 is 1. The van der Waals surface area contributed by atoms with Gasteiger partial charge in [-0.15, -0.1) is 0 Å². The maximum Gasteiger partial charge on any atom is 0.416 e. The highest BCUT2D eigenvalue weighted by Gasteiger charge is 2.33. The molecule has 1 atom stereocenters. The summed E-state index contributed by atoms with van der Waals surface area (Å²) in [6.45, 7) is 3.43. The Morgan fingerprint density at radius 3 is 2.47 bits per heavy atom. The second-order valence-corrected chi connectivity index (χ2v) is 4.41. The lowest BCUT2D eigenvalue weighted by molar-refractivity contribution is -0.142. The maximum absolute atomic E-state index is 12.8. The van der Waals surface area contributed by atoms with Crippen molar-refractivity contribution in [2.45, 2.75) is 38.8 Å². The zero-order valence-electron chi connectivity index (χ0n) is 11.2. The van der Waals surface area contributed by atoms with Gasteiger partial charge in [-0.3, -0.25) is 4.79 Å². The molecule has 1 aromatic rings. The predicted octanol–water partition coefficient (Wildman–Crippen LogP) is 3.93. The molecular weight excluding hydrogens is 257 g/mol. The van der Waals surface area contributed by atoms with Gasteiger partial charge in [-0.25, -0.2) is 0 Å². The molecule has 1 unspecified atom stereocenters. The van der Waals surface area contributed by atoms with Crippen LogP contribution in [0.15, 0.2) is 18.2 Å². The lowest BCUT2D eigenvalue weighted by Crippen LogP contribution is -2.14. The van der Waals surface area contributed by atoms with Gasteiger partial charge in [0.15, 0.2) is 0 Å². The molecule has 0 radical (unpaired) electrons. The molecule has 0 spiro atoms. The first-order valence-electron chi connectivity index (χ1n) is 6.09. The number of benzene rings is 1. The van der Waals surface area contributed by atoms with Crippen molar-refractivity contribution in [2.24, 2.45) is 0 Å². The molecule has 0 aliphatic rings. The number of carbonyl (C=O) groups is 1. The van der Waals surface area contributed by atoms with Crippen molar-refractivity contribution >= 4 is 5.97 Å². The average Bonchev–Trinajstić information content (AvgIpc) is 2.36. The Kier molecular flexibility index (Phi) is 4.97. The van der Waals surface area contributed by atoms with Crippen molar-refractivity contribution in [3.05, 3.63) is 34.9 Å². The SMILES string of the molecule is CCCc1cc(C(C)C(=O)OC)ccc1C(F)(F)F. The molecule has 19 heavy (non-hydrogen) atoms. The third-order valence-corrected chi connectivity index (χ3v) is 3.01. The summed E-state index contributed by atoms with van der Waals surface area (Å²) in [5.74, 6) is -1.02. The predicted molar refractivity (Wildman–Crippen MR) is 65.9 cm³/mol. The van der Waals surface area contributed by atoms with Gasteiger partial charge in [0.2, 0.25) is 0 Å². The van der Waals surface area contributed by atoms with Crippen molar-refractivity contribution in [1.82, 2.24) is 0 Å². The van der Waals surface area contributed by atoms with Crippen molar-refractivity contribution in [3.8, 4) is 0 Å². The van der Waals surface area contributed by atoms with Crippen LogP contribution in [0.2, 0.25) is 0 Å². The molecule has 0 heterocycles. The Bertz CT molecular complexity index is 452. The standard InChI is InChI=1S/C14H17F3O2/c1-4-5-11-8-10(9(2)13(18)19-3)6-7-12(11)14(15,16)17/h6-9H,4-5H2,1-3H3. The van der Waals surface area contributed by atoms with Crippen LogP contribution in [0.25, 0.3) is 0 Å². The Labute approximate surface area is 110 Å². The number of ether oxygens (including phenoxy) is 1. The highest BCUT2D eigenvalue weighted by atomic mass is 19.4. The van der Waals surface area contributed by atoms with Gasteiger partial charge in [0.05, 0.1) is 18.6 Å². The van der Waals surface area contributed by atoms with E-state index in [1.165, 1.54) is 19.2 Å². The highest BCUT2D eigenvalue weighted by Crippen LogP contribution is 2.34. The summed E-state index contributed by atoms with van der Waals surface area (Å²) >= 11 is 0. The van der Waals surface area contributed by atoms with Crippen LogP contribution in [0.5, 0.6) is 0 Å². The van der Waals surface area contributed by atoms with E-state index in [1.807, 2.05) is 6.92 Å². The monoisotopic (exact) mass is 274 g/mol. The molecule has 2 nitrogen and oxygen atoms in total. The number of rotatable bonds is 4. The van der Waals surface area contributed by atoms with Crippen LogP contribution in [0.1, 0.15) is 42.9 Å². The number of halogens is 3. The van der Waals surface area contributed by atoms with Crippen molar-refractivity contribution in [1.29, 1.82) is 0 Å². The van der Waals surface area contributed by atoms with Crippen LogP contribution in [0, 0.1) is 0 Å². The third-order valence-electron chi connectivity index (χ3n) is 3.01. The lowest BCUT2D eigenvalue weighted by Gasteiger charge is -2.16. The molecule has 0 aliphatic carbocycles. The molecule has 0 N–H and O–H groups in total. The third kappa shape index (κ3) is 3.72. The first-order chi connectivity index (χ1) is 8.81. The highest BCUT2D eigenvalue weighted by molar-refractivity contribution is 5.77. The van der Waals surface area contributed by atoms with Crippen LogP contribution >= 0.6 is 0 Å². The van der Waals surface area contributed by atoms with E-state index in [0.717, 1.165) is 6.07 Å². The summed E-state index contributed by atoms with van der Waals surface area (Å²) < 4.78 is 43.1. The molecule has 0 aromatic heterocycles. The largest absolute Gasteiger partial charge is 0.469 e. The normalized spacial score (nSPS) is 13.2. The van der Waals surface area contributed by atoms with Gasteiger partial charge in [-0.05, 0) is 30.5 Å². The van der Waals surface area contributed by atoms with E-state index >= 15 is 0 Å². The molecule has 0 amide bonds. The van der Waals surface area contributed by atoms with E-state index in [-0.39, 0.29) is 5.56 Å². The first kappa shape index (κ1) is 15.5. The zero-order valence-corrected chi connectivity index (χ0v) is 11.2. The molecular formula is C14H17F3O2. The summed E-state index contributed by atoms with van der Waals surface area (Å²) in [6, 6.07) is 3.83. The van der Waals surface area contributed by atoms with Crippen molar-refractivity contribution < 1.29 is 22.7 Å². The van der Waals surface area contributed by atoms with Crippen LogP contribution in [-0.4, -0.2) is 13.1 Å². The molecule has 1 rings (SSSR count). The summed E-state index contributed by atoms with van der Waals surface area (Å²) in [4.78, 5) is 11.4. The Balaban J connectivity index is 3.19. The van der Waals surface area contributed by atoms with Crippen LogP contribution < -0.4 is 0 Å². The quantitative estimate of drug-likeness (QED) is 0.777. The smallest absolute Gasteiger partial charge is 0.416 e. The van der Waals surface area contributed by atoms with Crippen molar-refractivity contribution in [3.63, 3.8) is 0 Å². The number of carbonyl (C=O) groups excluding carboxylic acids is 1. The summed E-state index contributed by atoms with van der Waals surface area (Å²) in [5, 5.41) is 0. The number of esters is 1. The first-order valence-corrected chi connectivity index (χ1v) is 6.09. The van der Waals surface area contributed by atoms with Gasteiger partial charge >= 0.3 is 12.1 Å². The summed E-state index contributed by atoms with van der Waals surface area (Å²) in [5.41, 5.74) is 0.140. The summed E-state index contributed by atoms with van der Waals surface area (Å²) in [6.07, 6.45) is -3.42. The Hall–Kier alpha value is -1.52. The van der Waals surface area contributed by atoms with Gasteiger partial charge < -0.3 is 4.74 Å². The fraction of sp³-hybridized carbons (Fsp3) is 0.500. The second-order valence-electron chi connectivity index (χ2n) is 4.41. The zero-order chi connectivity index (χ0) is 14.6. The molecule has 0 saturated carbocycles. The molecule has 0 saturated heterocycles. The van der Waals surface area contributed by atoms with E-state index < -0.39 is 23.6 Å². The number of hydrogen-bond acceptors (Lipinski definition) is 2. The van der Waals surface area contributed by atoms with Gasteiger partial charge in [-0.2, -0.15) is 13.2 Å². The summed E-state index contributed by atoms with van der Waals surface area (Å²) in [7, 11) is 1.26. The Morgan fingerprint density at radius 2 is 2.00 bits per heavy atom. The number of alkyl halides is 3. The van der Waals surface area contributed by atoms with Crippen LogP contribution in [0.3, 0.4) is 0 Å². The van der Waals surface area contributed by atoms with E-state index in [9.17, 15) is 18.0 Å². The average molecular weight is 274 g/mol. The van der Waals surface area contributed by atoms with Crippen LogP contribution in [0.4, 0.5) is 13.2 Å². The number of aryl methyl sites for hydroxylation is 1. The van der Waals surface area contributed by atoms with Gasteiger partial charge in [-0.1, -0.05) is 25.5 Å². The second kappa shape index (κ2) is 6.08. The maximum atomic E-state index is 12.8. The minimum absolute atomic E-state index is 0.225. The minimum Gasteiger partial charge on any atom is -0.469 e. The van der Waals surface area contributed by atoms with Crippen LogP contribution in [-0.2, 0) is 22.1 Å². The van der Waals surface area contributed by atoms with E-state index in [0.29, 0.717) is 18.4 Å². The topological polar surface area (TPSA) is 26.3 Å². The minimum atomic E-state index is -4.36. The van der Waals surface area contributed by atoms with Gasteiger partial charge in [0.25, 0.3) is 0 Å². The lowest BCUT2D eigenvalue weighted by atomic mass is 9.94. The molecule has 0 bridgehead atoms. The van der Waals surface area contributed by atoms with E-state index in [1.54, 1.807) is 6.92 Å². The molecule has 1 aromatic carbocycles. The Morgan fingerprint density at radius 1 is 1.37 bits per heavy atom. The fourth-order valence-electron chi connectivity index (χ4n) is 1.95. The van der Waals surface area contributed by atoms with Gasteiger partial charge in [0, 0.05) is 0 Å². The van der Waals surface area contributed by atoms with Crippen molar-refractivity contribution in [2.75, 3.05) is 7.11 Å². The molecule has 106 valence electrons. The van der Waals surface area contributed by atoms with Gasteiger partial charge in [0.1, 0.15) is 0 Å². The fourth-order valence-corrected chi connectivity index (χ4v) is 1.95. The molecule has 0 aliphatic heterocycles. The van der Waals surface area contributed by atoms with E-state index in [2.05, 4.69) is 4.74 Å². The van der Waals surface area contributed by atoms with E-state index in [4.69, 9.17) is 0 Å². The molecule has 0 fully saturated rings. The molecule has 5 heteroatoms.